The van der Waals surface area contributed by atoms with Crippen LogP contribution >= 0.6 is 15.9 Å². The van der Waals surface area contributed by atoms with Crippen molar-refractivity contribution in [2.45, 2.75) is 0 Å². The maximum absolute atomic E-state index is 12.5. The van der Waals surface area contributed by atoms with Crippen molar-refractivity contribution in [3.8, 4) is 17.2 Å². The molecular weight excluding hydrogens is 506 g/mol. The molecule has 0 aliphatic rings. The molecule has 0 aliphatic carbocycles. The largest absolute Gasteiger partial charge is 0.497 e. The molecule has 0 unspecified atom stereocenters. The molecule has 34 heavy (non-hydrogen) atoms. The monoisotopic (exact) mass is 525 g/mol. The van der Waals surface area contributed by atoms with Crippen molar-refractivity contribution < 1.29 is 28.6 Å². The number of hydrogen-bond acceptors (Lipinski definition) is 7. The summed E-state index contributed by atoms with van der Waals surface area (Å²) in [5.41, 5.74) is 3.17. The third kappa shape index (κ3) is 6.20. The lowest BCUT2D eigenvalue weighted by atomic mass is 10.2. The summed E-state index contributed by atoms with van der Waals surface area (Å²) in [5, 5.41) is 6.24. The van der Waals surface area contributed by atoms with Gasteiger partial charge in [0.25, 0.3) is 0 Å². The number of halogens is 1. The van der Waals surface area contributed by atoms with Crippen LogP contribution in [0.15, 0.2) is 76.3 Å². The highest BCUT2D eigenvalue weighted by Gasteiger charge is 2.17. The Labute approximate surface area is 203 Å². The lowest BCUT2D eigenvalue weighted by Gasteiger charge is -2.11. The van der Waals surface area contributed by atoms with Gasteiger partial charge in [0.1, 0.15) is 17.2 Å². The second kappa shape index (κ2) is 11.6. The minimum absolute atomic E-state index is 0.229. The summed E-state index contributed by atoms with van der Waals surface area (Å²) < 4.78 is 16.3. The van der Waals surface area contributed by atoms with Crippen LogP contribution < -0.4 is 25.0 Å². The highest BCUT2D eigenvalue weighted by Crippen LogP contribution is 2.28. The van der Waals surface area contributed by atoms with Crippen LogP contribution in [0.25, 0.3) is 0 Å². The Morgan fingerprint density at radius 1 is 0.882 bits per heavy atom. The molecule has 9 nitrogen and oxygen atoms in total. The van der Waals surface area contributed by atoms with Gasteiger partial charge in [-0.15, -0.1) is 0 Å². The van der Waals surface area contributed by atoms with Crippen molar-refractivity contribution in [2.24, 2.45) is 5.10 Å². The van der Waals surface area contributed by atoms with E-state index >= 15 is 0 Å². The normalized spacial score (nSPS) is 10.4. The van der Waals surface area contributed by atoms with Gasteiger partial charge in [-0.05, 0) is 52.3 Å². The van der Waals surface area contributed by atoms with Crippen LogP contribution in [0.3, 0.4) is 0 Å². The minimum Gasteiger partial charge on any atom is -0.497 e. The van der Waals surface area contributed by atoms with E-state index in [1.165, 1.54) is 26.5 Å². The molecule has 10 heteroatoms. The number of hydrogen-bond donors (Lipinski definition) is 2. The Balaban J connectivity index is 1.65. The molecule has 3 rings (SSSR count). The zero-order valence-corrected chi connectivity index (χ0v) is 19.8. The van der Waals surface area contributed by atoms with Crippen molar-refractivity contribution in [1.29, 1.82) is 0 Å². The van der Waals surface area contributed by atoms with E-state index in [4.69, 9.17) is 14.2 Å². The van der Waals surface area contributed by atoms with Crippen LogP contribution in [-0.4, -0.2) is 38.2 Å². The van der Waals surface area contributed by atoms with Crippen molar-refractivity contribution in [2.75, 3.05) is 19.5 Å². The average molecular weight is 526 g/mol. The van der Waals surface area contributed by atoms with E-state index < -0.39 is 17.8 Å². The molecular formula is C24H20BrN3O6. The summed E-state index contributed by atoms with van der Waals surface area (Å²) in [7, 11) is 2.91. The van der Waals surface area contributed by atoms with Crippen molar-refractivity contribution in [1.82, 2.24) is 5.43 Å². The number of benzene rings is 3. The number of nitrogens with zero attached hydrogens (tertiary/aromatic N) is 1. The Morgan fingerprint density at radius 2 is 1.62 bits per heavy atom. The number of amides is 2. The zero-order chi connectivity index (χ0) is 24.5. The number of anilines is 1. The van der Waals surface area contributed by atoms with Crippen molar-refractivity contribution >= 4 is 45.6 Å². The SMILES string of the molecule is COc1ccc(OC)c(NC(=O)C(=O)N/N=C/c2ccccc2OC(=O)c2ccccc2Br)c1. The van der Waals surface area contributed by atoms with Gasteiger partial charge in [-0.3, -0.25) is 9.59 Å². The minimum atomic E-state index is -1.01. The first kappa shape index (κ1) is 24.5. The highest BCUT2D eigenvalue weighted by atomic mass is 79.9. The Kier molecular flexibility index (Phi) is 8.36. The fourth-order valence-corrected chi connectivity index (χ4v) is 3.21. The van der Waals surface area contributed by atoms with E-state index in [2.05, 4.69) is 31.8 Å². The summed E-state index contributed by atoms with van der Waals surface area (Å²) in [6.07, 6.45) is 1.26. The van der Waals surface area contributed by atoms with Crippen LogP contribution in [0.5, 0.6) is 17.2 Å². The van der Waals surface area contributed by atoms with Gasteiger partial charge < -0.3 is 19.5 Å². The molecule has 3 aromatic carbocycles. The lowest BCUT2D eigenvalue weighted by Crippen LogP contribution is -2.32. The molecule has 2 N–H and O–H groups in total. The third-order valence-corrected chi connectivity index (χ3v) is 5.14. The number of methoxy groups -OCH3 is 2. The molecule has 0 aromatic heterocycles. The molecule has 0 atom stereocenters. The number of esters is 1. The summed E-state index contributed by atoms with van der Waals surface area (Å²) in [6, 6.07) is 18.2. The van der Waals surface area contributed by atoms with Gasteiger partial charge in [0.05, 0.1) is 31.7 Å². The van der Waals surface area contributed by atoms with E-state index in [1.54, 1.807) is 60.7 Å². The molecule has 3 aromatic rings. The molecule has 0 aliphatic heterocycles. The molecule has 0 radical (unpaired) electrons. The summed E-state index contributed by atoms with van der Waals surface area (Å²) in [6.45, 7) is 0. The Hall–Kier alpha value is -4.18. The van der Waals surface area contributed by atoms with Crippen LogP contribution in [-0.2, 0) is 9.59 Å². The van der Waals surface area contributed by atoms with Gasteiger partial charge in [-0.2, -0.15) is 5.10 Å². The van der Waals surface area contributed by atoms with E-state index in [1.807, 2.05) is 0 Å². The Bertz CT molecular complexity index is 1240. The first-order valence-corrected chi connectivity index (χ1v) is 10.6. The van der Waals surface area contributed by atoms with Gasteiger partial charge in [-0.1, -0.05) is 24.3 Å². The van der Waals surface area contributed by atoms with E-state index in [-0.39, 0.29) is 11.4 Å². The first-order valence-electron chi connectivity index (χ1n) is 9.85. The predicted octanol–water partition coefficient (Wildman–Crippen LogP) is 3.77. The number of hydrazone groups is 1. The van der Waals surface area contributed by atoms with Crippen LogP contribution in [0.1, 0.15) is 15.9 Å². The number of carbonyl (C=O) groups excluding carboxylic acids is 3. The average Bonchev–Trinajstić information content (AvgIpc) is 2.85. The lowest BCUT2D eigenvalue weighted by molar-refractivity contribution is -0.136. The number of para-hydroxylation sites is 1. The van der Waals surface area contributed by atoms with E-state index in [0.717, 1.165) is 0 Å². The van der Waals surface area contributed by atoms with Crippen LogP contribution in [0, 0.1) is 0 Å². The first-order chi connectivity index (χ1) is 16.4. The Morgan fingerprint density at radius 3 is 2.35 bits per heavy atom. The fourth-order valence-electron chi connectivity index (χ4n) is 2.76. The van der Waals surface area contributed by atoms with Crippen LogP contribution in [0.2, 0.25) is 0 Å². The van der Waals surface area contributed by atoms with E-state index in [0.29, 0.717) is 27.1 Å². The zero-order valence-electron chi connectivity index (χ0n) is 18.2. The van der Waals surface area contributed by atoms with Crippen molar-refractivity contribution in [3.63, 3.8) is 0 Å². The molecule has 174 valence electrons. The molecule has 0 saturated heterocycles. The number of ether oxygens (including phenoxy) is 3. The summed E-state index contributed by atoms with van der Waals surface area (Å²) >= 11 is 3.31. The molecule has 0 heterocycles. The topological polar surface area (TPSA) is 115 Å². The second-order valence-electron chi connectivity index (χ2n) is 6.63. The van der Waals surface area contributed by atoms with Gasteiger partial charge in [-0.25, -0.2) is 10.2 Å². The standard InChI is InChI=1S/C24H20BrN3O6/c1-32-16-11-12-21(33-2)19(13-16)27-22(29)23(30)28-26-14-15-7-3-6-10-20(15)34-24(31)17-8-4-5-9-18(17)25/h3-14H,1-2H3,(H,27,29)(H,28,30)/b26-14+. The fraction of sp³-hybridized carbons (Fsp3) is 0.0833. The highest BCUT2D eigenvalue weighted by molar-refractivity contribution is 9.10. The van der Waals surface area contributed by atoms with Gasteiger partial charge in [0.15, 0.2) is 0 Å². The number of nitrogens with one attached hydrogen (secondary N) is 2. The third-order valence-electron chi connectivity index (χ3n) is 4.45. The van der Waals surface area contributed by atoms with Gasteiger partial charge >= 0.3 is 17.8 Å². The van der Waals surface area contributed by atoms with E-state index in [9.17, 15) is 14.4 Å². The molecule has 0 bridgehead atoms. The maximum atomic E-state index is 12.5. The number of carbonyl (C=O) groups is 3. The van der Waals surface area contributed by atoms with Gasteiger partial charge in [0, 0.05) is 16.1 Å². The molecule has 0 saturated carbocycles. The number of rotatable bonds is 7. The molecule has 0 fully saturated rings. The maximum Gasteiger partial charge on any atom is 0.344 e. The molecule has 2 amide bonds. The van der Waals surface area contributed by atoms with Crippen LogP contribution in [0.4, 0.5) is 5.69 Å². The summed E-state index contributed by atoms with van der Waals surface area (Å²) in [4.78, 5) is 36.9. The van der Waals surface area contributed by atoms with Gasteiger partial charge in [0.2, 0.25) is 0 Å². The molecule has 0 spiro atoms. The second-order valence-corrected chi connectivity index (χ2v) is 7.48. The summed E-state index contributed by atoms with van der Waals surface area (Å²) in [5.74, 6) is -1.48. The van der Waals surface area contributed by atoms with Crippen molar-refractivity contribution in [3.05, 3.63) is 82.3 Å². The smallest absolute Gasteiger partial charge is 0.344 e. The quantitative estimate of drug-likeness (QED) is 0.159. The predicted molar refractivity (Wildman–Crippen MR) is 129 cm³/mol.